The smallest absolute Gasteiger partial charge is 0.407 e. The Kier molecular flexibility index (Phi) is 9.61. The number of ether oxygens (including phenoxy) is 1. The maximum Gasteiger partial charge on any atom is 0.407 e. The van der Waals surface area contributed by atoms with Crippen molar-refractivity contribution in [2.45, 2.75) is 97.1 Å². The number of unbranched alkanes of at least 4 members (excludes halogenated alkanes) is 6. The number of carbonyl (C=O) groups is 1. The van der Waals surface area contributed by atoms with Crippen LogP contribution in [0.3, 0.4) is 0 Å². The lowest BCUT2D eigenvalue weighted by atomic mass is 10.0. The van der Waals surface area contributed by atoms with E-state index in [1.54, 1.807) is 0 Å². The largest absolute Gasteiger partial charge is 0.444 e. The number of rotatable bonds is 9. The summed E-state index contributed by atoms with van der Waals surface area (Å²) in [5, 5.41) is 3.00. The lowest BCUT2D eigenvalue weighted by molar-refractivity contribution is 0.0479. The molecule has 1 heterocycles. The van der Waals surface area contributed by atoms with Gasteiger partial charge in [-0.25, -0.2) is 4.79 Å². The highest BCUT2D eigenvalue weighted by atomic mass is 16.6. The third-order valence-electron chi connectivity index (χ3n) is 4.39. The molecule has 1 N–H and O–H groups in total. The molecule has 23 heavy (non-hydrogen) atoms. The fourth-order valence-corrected chi connectivity index (χ4v) is 3.07. The molecule has 0 aromatic carbocycles. The first-order chi connectivity index (χ1) is 10.9. The van der Waals surface area contributed by atoms with Crippen LogP contribution in [0.15, 0.2) is 0 Å². The Bertz CT molecular complexity index is 318. The molecule has 136 valence electrons. The van der Waals surface area contributed by atoms with Crippen molar-refractivity contribution in [1.29, 1.82) is 0 Å². The van der Waals surface area contributed by atoms with Gasteiger partial charge in [-0.05, 0) is 46.6 Å². The first-order valence-corrected chi connectivity index (χ1v) is 9.62. The van der Waals surface area contributed by atoms with Crippen molar-refractivity contribution < 1.29 is 9.53 Å². The van der Waals surface area contributed by atoms with Crippen molar-refractivity contribution in [2.24, 2.45) is 0 Å². The van der Waals surface area contributed by atoms with Gasteiger partial charge in [-0.1, -0.05) is 45.4 Å². The van der Waals surface area contributed by atoms with Crippen molar-refractivity contribution in [3.05, 3.63) is 0 Å². The predicted molar refractivity (Wildman–Crippen MR) is 96.8 cm³/mol. The normalized spacial score (nSPS) is 17.2. The number of carbonyl (C=O) groups excluding carboxylic acids is 1. The van der Waals surface area contributed by atoms with Gasteiger partial charge >= 0.3 is 6.09 Å². The summed E-state index contributed by atoms with van der Waals surface area (Å²) in [5.74, 6) is 0. The average Bonchev–Trinajstić information content (AvgIpc) is 2.46. The van der Waals surface area contributed by atoms with Crippen LogP contribution in [0.4, 0.5) is 4.79 Å². The molecule has 4 heteroatoms. The van der Waals surface area contributed by atoms with Crippen LogP contribution in [0.2, 0.25) is 0 Å². The Morgan fingerprint density at radius 2 is 1.61 bits per heavy atom. The third kappa shape index (κ3) is 10.6. The van der Waals surface area contributed by atoms with E-state index >= 15 is 0 Å². The van der Waals surface area contributed by atoms with Crippen LogP contribution in [0.25, 0.3) is 0 Å². The Morgan fingerprint density at radius 3 is 2.17 bits per heavy atom. The summed E-state index contributed by atoms with van der Waals surface area (Å²) in [4.78, 5) is 14.3. The monoisotopic (exact) mass is 326 g/mol. The van der Waals surface area contributed by atoms with Crippen molar-refractivity contribution in [1.82, 2.24) is 10.2 Å². The summed E-state index contributed by atoms with van der Waals surface area (Å²) >= 11 is 0. The Labute approximate surface area is 143 Å². The van der Waals surface area contributed by atoms with Gasteiger partial charge in [0.05, 0.1) is 0 Å². The second-order valence-electron chi connectivity index (χ2n) is 7.88. The molecular formula is C19H38N2O2. The topological polar surface area (TPSA) is 41.6 Å². The second kappa shape index (κ2) is 10.9. The van der Waals surface area contributed by atoms with E-state index in [0.29, 0.717) is 0 Å². The first-order valence-electron chi connectivity index (χ1n) is 9.62. The molecule has 0 saturated carbocycles. The van der Waals surface area contributed by atoms with Gasteiger partial charge in [-0.2, -0.15) is 0 Å². The van der Waals surface area contributed by atoms with Crippen molar-refractivity contribution in [3.63, 3.8) is 0 Å². The molecule has 0 aromatic rings. The van der Waals surface area contributed by atoms with Crippen molar-refractivity contribution >= 4 is 6.09 Å². The molecule has 0 spiro atoms. The zero-order valence-electron chi connectivity index (χ0n) is 15.8. The molecule has 1 fully saturated rings. The van der Waals surface area contributed by atoms with E-state index in [2.05, 4.69) is 17.1 Å². The zero-order chi connectivity index (χ0) is 17.1. The number of amides is 1. The summed E-state index contributed by atoms with van der Waals surface area (Å²) in [7, 11) is 0. The molecule has 0 aliphatic carbocycles. The summed E-state index contributed by atoms with van der Waals surface area (Å²) in [5.41, 5.74) is -0.415. The van der Waals surface area contributed by atoms with Crippen LogP contribution in [0, 0.1) is 0 Å². The quantitative estimate of drug-likeness (QED) is 0.623. The minimum Gasteiger partial charge on any atom is -0.444 e. The van der Waals surface area contributed by atoms with Crippen LogP contribution in [-0.4, -0.2) is 42.3 Å². The highest BCUT2D eigenvalue weighted by Crippen LogP contribution is 2.14. The van der Waals surface area contributed by atoms with Gasteiger partial charge < -0.3 is 15.0 Å². The van der Waals surface area contributed by atoms with Gasteiger partial charge in [-0.3, -0.25) is 0 Å². The molecule has 1 rings (SSSR count). The molecule has 1 saturated heterocycles. The number of hydrogen-bond acceptors (Lipinski definition) is 3. The third-order valence-corrected chi connectivity index (χ3v) is 4.39. The molecule has 0 aromatic heterocycles. The molecule has 0 unspecified atom stereocenters. The van der Waals surface area contributed by atoms with Crippen molar-refractivity contribution in [3.8, 4) is 0 Å². The van der Waals surface area contributed by atoms with E-state index in [9.17, 15) is 4.79 Å². The minimum absolute atomic E-state index is 0.273. The van der Waals surface area contributed by atoms with Gasteiger partial charge in [0, 0.05) is 19.1 Å². The minimum atomic E-state index is -0.415. The van der Waals surface area contributed by atoms with Crippen LogP contribution in [0.1, 0.15) is 85.5 Å². The van der Waals surface area contributed by atoms with E-state index < -0.39 is 5.60 Å². The Hall–Kier alpha value is -0.770. The zero-order valence-corrected chi connectivity index (χ0v) is 15.8. The Balaban J connectivity index is 2.03. The van der Waals surface area contributed by atoms with Gasteiger partial charge in [-0.15, -0.1) is 0 Å². The van der Waals surface area contributed by atoms with Crippen LogP contribution in [0.5, 0.6) is 0 Å². The number of piperidine rings is 1. The summed E-state index contributed by atoms with van der Waals surface area (Å²) in [6.45, 7) is 11.4. The molecule has 0 bridgehead atoms. The van der Waals surface area contributed by atoms with E-state index in [-0.39, 0.29) is 12.1 Å². The molecule has 1 amide bonds. The number of likely N-dealkylation sites (tertiary alicyclic amines) is 1. The second-order valence-corrected chi connectivity index (χ2v) is 7.88. The maximum absolute atomic E-state index is 11.8. The van der Waals surface area contributed by atoms with Crippen LogP contribution >= 0.6 is 0 Å². The number of nitrogens with one attached hydrogen (secondary N) is 1. The fourth-order valence-electron chi connectivity index (χ4n) is 3.07. The molecule has 0 atom stereocenters. The molecule has 1 aliphatic rings. The lowest BCUT2D eigenvalue weighted by Crippen LogP contribution is -2.46. The van der Waals surface area contributed by atoms with E-state index in [0.717, 1.165) is 25.9 Å². The fraction of sp³-hybridized carbons (Fsp3) is 0.947. The lowest BCUT2D eigenvalue weighted by Gasteiger charge is -2.32. The van der Waals surface area contributed by atoms with Crippen LogP contribution < -0.4 is 5.32 Å². The SMILES string of the molecule is CCCCCCCCCN1CCC(NC(=O)OC(C)(C)C)CC1. The summed E-state index contributed by atoms with van der Waals surface area (Å²) < 4.78 is 5.32. The first kappa shape index (κ1) is 20.3. The Morgan fingerprint density at radius 1 is 1.04 bits per heavy atom. The summed E-state index contributed by atoms with van der Waals surface area (Å²) in [6.07, 6.45) is 11.4. The van der Waals surface area contributed by atoms with E-state index in [1.165, 1.54) is 51.5 Å². The molecule has 4 nitrogen and oxygen atoms in total. The maximum atomic E-state index is 11.8. The van der Waals surface area contributed by atoms with E-state index in [1.807, 2.05) is 20.8 Å². The summed E-state index contributed by atoms with van der Waals surface area (Å²) in [6, 6.07) is 0.273. The number of alkyl carbamates (subject to hydrolysis) is 1. The average molecular weight is 327 g/mol. The van der Waals surface area contributed by atoms with Gasteiger partial charge in [0.1, 0.15) is 5.60 Å². The van der Waals surface area contributed by atoms with Gasteiger partial charge in [0.2, 0.25) is 0 Å². The number of nitrogens with zero attached hydrogens (tertiary/aromatic N) is 1. The van der Waals surface area contributed by atoms with Crippen molar-refractivity contribution in [2.75, 3.05) is 19.6 Å². The molecule has 0 radical (unpaired) electrons. The van der Waals surface area contributed by atoms with Gasteiger partial charge in [0.15, 0.2) is 0 Å². The van der Waals surface area contributed by atoms with Gasteiger partial charge in [0.25, 0.3) is 0 Å². The molecule has 1 aliphatic heterocycles. The molecular weight excluding hydrogens is 288 g/mol. The highest BCUT2D eigenvalue weighted by Gasteiger charge is 2.23. The van der Waals surface area contributed by atoms with E-state index in [4.69, 9.17) is 4.74 Å². The number of hydrogen-bond donors (Lipinski definition) is 1. The highest BCUT2D eigenvalue weighted by molar-refractivity contribution is 5.68. The standard InChI is InChI=1S/C19H38N2O2/c1-5-6-7-8-9-10-11-14-21-15-12-17(13-16-21)20-18(22)23-19(2,3)4/h17H,5-16H2,1-4H3,(H,20,22). The van der Waals surface area contributed by atoms with Crippen LogP contribution in [-0.2, 0) is 4.74 Å². The predicted octanol–water partition coefficient (Wildman–Crippen LogP) is 4.73.